The fourth-order valence-corrected chi connectivity index (χ4v) is 6.31. The van der Waals surface area contributed by atoms with Crippen molar-refractivity contribution in [2.45, 2.75) is 71.3 Å². The first kappa shape index (κ1) is 20.8. The van der Waals surface area contributed by atoms with Gasteiger partial charge in [-0.15, -0.1) is 0 Å². The van der Waals surface area contributed by atoms with Gasteiger partial charge >= 0.3 is 0 Å². The summed E-state index contributed by atoms with van der Waals surface area (Å²) in [5.74, 6) is 1.62. The van der Waals surface area contributed by atoms with E-state index < -0.39 is 0 Å². The monoisotopic (exact) mass is 438 g/mol. The number of nitrogens with zero attached hydrogens (tertiary/aromatic N) is 4. The van der Waals surface area contributed by atoms with E-state index >= 15 is 0 Å². The smallest absolute Gasteiger partial charge is 0.0702 e. The number of hydrogen-bond acceptors (Lipinski definition) is 3. The number of hydrogen-bond donors (Lipinski definition) is 0. The average molecular weight is 439 g/mol. The summed E-state index contributed by atoms with van der Waals surface area (Å²) in [6.07, 6.45) is 19.9. The molecule has 3 aromatic rings. The third-order valence-electron chi connectivity index (χ3n) is 8.61. The highest BCUT2D eigenvalue weighted by molar-refractivity contribution is 5.93. The Labute approximate surface area is 196 Å². The van der Waals surface area contributed by atoms with Crippen LogP contribution in [0, 0.1) is 17.3 Å². The molecular formula is C29H34N4. The van der Waals surface area contributed by atoms with Gasteiger partial charge in [-0.2, -0.15) is 5.10 Å². The Morgan fingerprint density at radius 2 is 2.06 bits per heavy atom. The van der Waals surface area contributed by atoms with Crippen LogP contribution in [0.15, 0.2) is 60.1 Å². The lowest BCUT2D eigenvalue weighted by atomic mass is 9.88. The first-order valence-corrected chi connectivity index (χ1v) is 12.8. The Morgan fingerprint density at radius 1 is 1.15 bits per heavy atom. The summed E-state index contributed by atoms with van der Waals surface area (Å²) >= 11 is 0. The summed E-state index contributed by atoms with van der Waals surface area (Å²) in [5, 5.41) is 5.92. The summed E-state index contributed by atoms with van der Waals surface area (Å²) in [6, 6.07) is 10.9. The van der Waals surface area contributed by atoms with Gasteiger partial charge in [-0.3, -0.25) is 14.7 Å². The molecule has 170 valence electrons. The van der Waals surface area contributed by atoms with Crippen molar-refractivity contribution in [3.8, 4) is 0 Å². The van der Waals surface area contributed by atoms with Crippen LogP contribution in [0.2, 0.25) is 0 Å². The van der Waals surface area contributed by atoms with Gasteiger partial charge in [0.25, 0.3) is 0 Å². The van der Waals surface area contributed by atoms with Crippen molar-refractivity contribution in [3.05, 3.63) is 66.2 Å². The van der Waals surface area contributed by atoms with E-state index in [0.29, 0.717) is 5.92 Å². The molecule has 0 amide bonds. The maximum atomic E-state index is 4.96. The average Bonchev–Trinajstić information content (AvgIpc) is 3.17. The summed E-state index contributed by atoms with van der Waals surface area (Å²) < 4.78 is 2.16. The number of fused-ring (bicyclic) bond motifs is 2. The van der Waals surface area contributed by atoms with Crippen molar-refractivity contribution < 1.29 is 0 Å². The number of aromatic nitrogens is 3. The molecule has 6 rings (SSSR count). The molecular weight excluding hydrogens is 404 g/mol. The zero-order valence-corrected chi connectivity index (χ0v) is 19.7. The standard InChI is InChI=1S/C29H34N4/c1-21-29(12-10-23-8-9-28-24(15-23)7-4-13-30-28)17-27(29)16-25(18-31-21)26-19-32-33(20-26)14-11-22-5-2-3-6-22/h4,7-9,13,15,18-20,22,27H,2-3,5-6,10-12,14,16-17H2,1H3. The van der Waals surface area contributed by atoms with Crippen molar-refractivity contribution in [2.75, 3.05) is 0 Å². The van der Waals surface area contributed by atoms with E-state index in [-0.39, 0.29) is 5.41 Å². The zero-order chi connectivity index (χ0) is 22.3. The van der Waals surface area contributed by atoms with Gasteiger partial charge in [0.1, 0.15) is 0 Å². The Bertz CT molecular complexity index is 1210. The lowest BCUT2D eigenvalue weighted by molar-refractivity contribution is 0.439. The Morgan fingerprint density at radius 3 is 2.97 bits per heavy atom. The minimum absolute atomic E-state index is 0.278. The van der Waals surface area contributed by atoms with Crippen molar-refractivity contribution in [3.63, 3.8) is 0 Å². The second-order valence-corrected chi connectivity index (χ2v) is 10.6. The number of benzene rings is 1. The molecule has 0 bridgehead atoms. The van der Waals surface area contributed by atoms with Crippen LogP contribution in [-0.4, -0.2) is 20.5 Å². The normalized spacial score (nSPS) is 24.9. The third kappa shape index (κ3) is 4.16. The molecule has 2 aromatic heterocycles. The lowest BCUT2D eigenvalue weighted by Crippen LogP contribution is -2.16. The summed E-state index contributed by atoms with van der Waals surface area (Å²) in [7, 11) is 0. The van der Waals surface area contributed by atoms with E-state index in [1.807, 2.05) is 12.3 Å². The van der Waals surface area contributed by atoms with Crippen molar-refractivity contribution in [1.29, 1.82) is 0 Å². The fourth-order valence-electron chi connectivity index (χ4n) is 6.31. The number of rotatable bonds is 7. The van der Waals surface area contributed by atoms with E-state index in [1.165, 1.54) is 72.7 Å². The summed E-state index contributed by atoms with van der Waals surface area (Å²) in [4.78, 5) is 9.42. The highest BCUT2D eigenvalue weighted by Gasteiger charge is 2.56. The molecule has 4 heteroatoms. The van der Waals surface area contributed by atoms with Crippen LogP contribution in [-0.2, 0) is 13.0 Å². The Balaban J connectivity index is 1.10. The molecule has 1 aliphatic heterocycles. The Kier molecular flexibility index (Phi) is 5.40. The number of aliphatic imine (C=N–C) groups is 1. The predicted molar refractivity (Wildman–Crippen MR) is 135 cm³/mol. The highest BCUT2D eigenvalue weighted by Crippen LogP contribution is 2.61. The first-order valence-electron chi connectivity index (χ1n) is 12.8. The second kappa shape index (κ2) is 8.55. The van der Waals surface area contributed by atoms with Gasteiger partial charge in [0.2, 0.25) is 0 Å². The van der Waals surface area contributed by atoms with Crippen LogP contribution in [0.25, 0.3) is 16.5 Å². The van der Waals surface area contributed by atoms with Crippen molar-refractivity contribution >= 4 is 22.2 Å². The van der Waals surface area contributed by atoms with Crippen LogP contribution in [0.5, 0.6) is 0 Å². The molecule has 1 aromatic carbocycles. The molecule has 0 saturated heterocycles. The minimum Gasteiger partial charge on any atom is -0.272 e. The lowest BCUT2D eigenvalue weighted by Gasteiger charge is -2.16. The van der Waals surface area contributed by atoms with E-state index in [2.05, 4.69) is 64.5 Å². The molecule has 2 aliphatic carbocycles. The van der Waals surface area contributed by atoms with E-state index in [4.69, 9.17) is 4.99 Å². The maximum Gasteiger partial charge on any atom is 0.0702 e. The van der Waals surface area contributed by atoms with Gasteiger partial charge < -0.3 is 0 Å². The highest BCUT2D eigenvalue weighted by atomic mass is 15.3. The molecule has 3 aliphatic rings. The minimum atomic E-state index is 0.278. The van der Waals surface area contributed by atoms with Gasteiger partial charge in [0.15, 0.2) is 0 Å². The quantitative estimate of drug-likeness (QED) is 0.404. The second-order valence-electron chi connectivity index (χ2n) is 10.6. The van der Waals surface area contributed by atoms with Crippen LogP contribution in [0.1, 0.15) is 69.4 Å². The van der Waals surface area contributed by atoms with Crippen LogP contribution in [0.4, 0.5) is 0 Å². The van der Waals surface area contributed by atoms with Gasteiger partial charge in [-0.1, -0.05) is 37.8 Å². The van der Waals surface area contributed by atoms with Crippen LogP contribution >= 0.6 is 0 Å². The van der Waals surface area contributed by atoms with Gasteiger partial charge in [-0.25, -0.2) is 0 Å². The molecule has 0 N–H and O–H groups in total. The molecule has 0 radical (unpaired) electrons. The zero-order valence-electron chi connectivity index (χ0n) is 19.7. The summed E-state index contributed by atoms with van der Waals surface area (Å²) in [5.41, 5.74) is 6.71. The number of allylic oxidation sites excluding steroid dienone is 1. The molecule has 3 heterocycles. The van der Waals surface area contributed by atoms with E-state index in [0.717, 1.165) is 30.8 Å². The van der Waals surface area contributed by atoms with Crippen molar-refractivity contribution in [2.24, 2.45) is 22.2 Å². The number of pyridine rings is 1. The number of aryl methyl sites for hydroxylation is 2. The topological polar surface area (TPSA) is 43.1 Å². The fraction of sp³-hybridized carbons (Fsp3) is 0.483. The van der Waals surface area contributed by atoms with Crippen molar-refractivity contribution in [1.82, 2.24) is 14.8 Å². The predicted octanol–water partition coefficient (Wildman–Crippen LogP) is 6.86. The molecule has 2 atom stereocenters. The third-order valence-corrected chi connectivity index (χ3v) is 8.61. The molecule has 2 saturated carbocycles. The maximum absolute atomic E-state index is 4.96. The molecule has 33 heavy (non-hydrogen) atoms. The van der Waals surface area contributed by atoms with Crippen LogP contribution in [0.3, 0.4) is 0 Å². The first-order chi connectivity index (χ1) is 16.2. The molecule has 0 spiro atoms. The van der Waals surface area contributed by atoms with Gasteiger partial charge in [-0.05, 0) is 80.2 Å². The molecule has 2 unspecified atom stereocenters. The largest absolute Gasteiger partial charge is 0.272 e. The Hall–Kier alpha value is -2.75. The molecule has 4 nitrogen and oxygen atoms in total. The molecule has 2 fully saturated rings. The van der Waals surface area contributed by atoms with Gasteiger partial charge in [0, 0.05) is 47.2 Å². The summed E-state index contributed by atoms with van der Waals surface area (Å²) in [6.45, 7) is 3.30. The van der Waals surface area contributed by atoms with Crippen LogP contribution < -0.4 is 0 Å². The van der Waals surface area contributed by atoms with E-state index in [9.17, 15) is 0 Å². The van der Waals surface area contributed by atoms with E-state index in [1.54, 1.807) is 0 Å². The SMILES string of the molecule is CC1=NC=C(c2cnn(CCC3CCCC3)c2)CC2CC12CCc1ccc2ncccc2c1. The van der Waals surface area contributed by atoms with Gasteiger partial charge in [0.05, 0.1) is 11.7 Å².